The van der Waals surface area contributed by atoms with Crippen LogP contribution in [0.1, 0.15) is 6.92 Å². The van der Waals surface area contributed by atoms with Crippen LogP contribution in [0.4, 0.5) is 5.69 Å². The Kier molecular flexibility index (Phi) is 5.90. The number of benzene rings is 1. The SMILES string of the molecule is CCN(CCN)CCN(C)c1ccccc1. The van der Waals surface area contributed by atoms with Crippen LogP contribution in [-0.4, -0.2) is 44.7 Å². The monoisotopic (exact) mass is 221 g/mol. The van der Waals surface area contributed by atoms with Gasteiger partial charge in [-0.15, -0.1) is 0 Å². The summed E-state index contributed by atoms with van der Waals surface area (Å²) in [5.41, 5.74) is 6.84. The highest BCUT2D eigenvalue weighted by atomic mass is 15.2. The van der Waals surface area contributed by atoms with Gasteiger partial charge in [0.25, 0.3) is 0 Å². The molecule has 0 atom stereocenters. The summed E-state index contributed by atoms with van der Waals surface area (Å²) < 4.78 is 0. The van der Waals surface area contributed by atoms with E-state index in [0.29, 0.717) is 0 Å². The minimum Gasteiger partial charge on any atom is -0.373 e. The molecular weight excluding hydrogens is 198 g/mol. The topological polar surface area (TPSA) is 32.5 Å². The van der Waals surface area contributed by atoms with E-state index in [1.807, 2.05) is 6.07 Å². The Labute approximate surface area is 98.8 Å². The molecule has 0 aliphatic heterocycles. The average molecular weight is 221 g/mol. The van der Waals surface area contributed by atoms with Crippen LogP contribution >= 0.6 is 0 Å². The molecule has 0 bridgehead atoms. The zero-order valence-corrected chi connectivity index (χ0v) is 10.4. The Morgan fingerprint density at radius 2 is 1.75 bits per heavy atom. The van der Waals surface area contributed by atoms with Crippen molar-refractivity contribution in [3.63, 3.8) is 0 Å². The van der Waals surface area contributed by atoms with Crippen molar-refractivity contribution in [2.75, 3.05) is 44.7 Å². The van der Waals surface area contributed by atoms with Crippen molar-refractivity contribution in [2.45, 2.75) is 6.92 Å². The number of likely N-dealkylation sites (N-methyl/N-ethyl adjacent to an activating group) is 2. The van der Waals surface area contributed by atoms with E-state index in [1.165, 1.54) is 5.69 Å². The third-order valence-corrected chi connectivity index (χ3v) is 2.84. The molecule has 0 saturated carbocycles. The molecular formula is C13H23N3. The fourth-order valence-electron chi connectivity index (χ4n) is 1.71. The molecule has 2 N–H and O–H groups in total. The fourth-order valence-corrected chi connectivity index (χ4v) is 1.71. The summed E-state index contributed by atoms with van der Waals surface area (Å²) >= 11 is 0. The lowest BCUT2D eigenvalue weighted by molar-refractivity contribution is 0.303. The number of hydrogen-bond acceptors (Lipinski definition) is 3. The van der Waals surface area contributed by atoms with E-state index in [-0.39, 0.29) is 0 Å². The zero-order valence-electron chi connectivity index (χ0n) is 10.4. The Morgan fingerprint density at radius 3 is 2.31 bits per heavy atom. The largest absolute Gasteiger partial charge is 0.373 e. The van der Waals surface area contributed by atoms with Gasteiger partial charge < -0.3 is 15.5 Å². The molecule has 16 heavy (non-hydrogen) atoms. The average Bonchev–Trinajstić information content (AvgIpc) is 2.35. The van der Waals surface area contributed by atoms with Gasteiger partial charge in [-0.1, -0.05) is 25.1 Å². The molecule has 0 amide bonds. The molecule has 1 aromatic rings. The number of anilines is 1. The normalized spacial score (nSPS) is 10.8. The van der Waals surface area contributed by atoms with E-state index in [4.69, 9.17) is 5.73 Å². The second-order valence-corrected chi connectivity index (χ2v) is 3.98. The van der Waals surface area contributed by atoms with Crippen molar-refractivity contribution in [3.05, 3.63) is 30.3 Å². The van der Waals surface area contributed by atoms with Gasteiger partial charge >= 0.3 is 0 Å². The highest BCUT2D eigenvalue weighted by Gasteiger charge is 2.03. The van der Waals surface area contributed by atoms with Crippen LogP contribution in [0.3, 0.4) is 0 Å². The van der Waals surface area contributed by atoms with Gasteiger partial charge in [0.1, 0.15) is 0 Å². The Balaban J connectivity index is 2.37. The second kappa shape index (κ2) is 7.25. The van der Waals surface area contributed by atoms with Gasteiger partial charge in [0.15, 0.2) is 0 Å². The first-order valence-corrected chi connectivity index (χ1v) is 5.96. The first-order valence-electron chi connectivity index (χ1n) is 5.96. The Morgan fingerprint density at radius 1 is 1.06 bits per heavy atom. The van der Waals surface area contributed by atoms with Crippen molar-refractivity contribution < 1.29 is 0 Å². The molecule has 0 fully saturated rings. The molecule has 0 unspecified atom stereocenters. The van der Waals surface area contributed by atoms with Gasteiger partial charge in [0, 0.05) is 38.9 Å². The van der Waals surface area contributed by atoms with Crippen LogP contribution < -0.4 is 10.6 Å². The molecule has 0 spiro atoms. The van der Waals surface area contributed by atoms with Crippen LogP contribution in [0.5, 0.6) is 0 Å². The summed E-state index contributed by atoms with van der Waals surface area (Å²) in [5.74, 6) is 0. The molecule has 1 aromatic carbocycles. The minimum atomic E-state index is 0.739. The lowest BCUT2D eigenvalue weighted by Gasteiger charge is -2.25. The maximum atomic E-state index is 5.57. The number of para-hydroxylation sites is 1. The maximum Gasteiger partial charge on any atom is 0.0364 e. The minimum absolute atomic E-state index is 0.739. The van der Waals surface area contributed by atoms with Crippen LogP contribution in [-0.2, 0) is 0 Å². The first-order chi connectivity index (χ1) is 7.77. The van der Waals surface area contributed by atoms with Gasteiger partial charge in [0.2, 0.25) is 0 Å². The van der Waals surface area contributed by atoms with Crippen LogP contribution in [0.15, 0.2) is 30.3 Å². The molecule has 0 aliphatic carbocycles. The summed E-state index contributed by atoms with van der Waals surface area (Å²) in [4.78, 5) is 4.65. The van der Waals surface area contributed by atoms with E-state index < -0.39 is 0 Å². The fraction of sp³-hybridized carbons (Fsp3) is 0.538. The number of nitrogens with two attached hydrogens (primary N) is 1. The summed E-state index contributed by atoms with van der Waals surface area (Å²) in [7, 11) is 2.13. The van der Waals surface area contributed by atoms with Gasteiger partial charge in [0.05, 0.1) is 0 Å². The van der Waals surface area contributed by atoms with Gasteiger partial charge in [-0.05, 0) is 18.7 Å². The van der Waals surface area contributed by atoms with E-state index in [0.717, 1.165) is 32.7 Å². The summed E-state index contributed by atoms with van der Waals surface area (Å²) in [5, 5.41) is 0. The molecule has 1 rings (SSSR count). The number of rotatable bonds is 7. The van der Waals surface area contributed by atoms with E-state index >= 15 is 0 Å². The molecule has 0 heterocycles. The highest BCUT2D eigenvalue weighted by molar-refractivity contribution is 5.44. The molecule has 0 saturated heterocycles. The zero-order chi connectivity index (χ0) is 11.8. The molecule has 3 nitrogen and oxygen atoms in total. The molecule has 0 radical (unpaired) electrons. The van der Waals surface area contributed by atoms with Gasteiger partial charge in [-0.25, -0.2) is 0 Å². The van der Waals surface area contributed by atoms with Crippen molar-refractivity contribution in [2.24, 2.45) is 5.73 Å². The lowest BCUT2D eigenvalue weighted by Crippen LogP contribution is -2.36. The smallest absolute Gasteiger partial charge is 0.0364 e. The number of hydrogen-bond donors (Lipinski definition) is 1. The molecule has 0 aliphatic rings. The third kappa shape index (κ3) is 4.21. The Hall–Kier alpha value is -1.06. The van der Waals surface area contributed by atoms with Crippen LogP contribution in [0, 0.1) is 0 Å². The molecule has 90 valence electrons. The van der Waals surface area contributed by atoms with Crippen LogP contribution in [0.25, 0.3) is 0 Å². The Bertz CT molecular complexity index is 274. The second-order valence-electron chi connectivity index (χ2n) is 3.98. The first kappa shape index (κ1) is 13.0. The predicted molar refractivity (Wildman–Crippen MR) is 70.9 cm³/mol. The summed E-state index contributed by atoms with van der Waals surface area (Å²) in [6.07, 6.45) is 0. The standard InChI is InChI=1S/C13H23N3/c1-3-16(10-9-14)12-11-15(2)13-7-5-4-6-8-13/h4-8H,3,9-12,14H2,1-2H3. The lowest BCUT2D eigenvalue weighted by atomic mass is 10.3. The van der Waals surface area contributed by atoms with E-state index in [9.17, 15) is 0 Å². The summed E-state index contributed by atoms with van der Waals surface area (Å²) in [6, 6.07) is 10.5. The van der Waals surface area contributed by atoms with Crippen molar-refractivity contribution >= 4 is 5.69 Å². The maximum absolute atomic E-state index is 5.57. The molecule has 0 aromatic heterocycles. The quantitative estimate of drug-likeness (QED) is 0.755. The van der Waals surface area contributed by atoms with Gasteiger partial charge in [-0.2, -0.15) is 0 Å². The van der Waals surface area contributed by atoms with Gasteiger partial charge in [-0.3, -0.25) is 0 Å². The highest BCUT2D eigenvalue weighted by Crippen LogP contribution is 2.10. The predicted octanol–water partition coefficient (Wildman–Crippen LogP) is 1.40. The third-order valence-electron chi connectivity index (χ3n) is 2.84. The molecule has 3 heteroatoms. The number of nitrogens with zero attached hydrogens (tertiary/aromatic N) is 2. The van der Waals surface area contributed by atoms with E-state index in [2.05, 4.69) is 48.0 Å². The van der Waals surface area contributed by atoms with Crippen molar-refractivity contribution in [1.29, 1.82) is 0 Å². The van der Waals surface area contributed by atoms with Crippen LogP contribution in [0.2, 0.25) is 0 Å². The van der Waals surface area contributed by atoms with E-state index in [1.54, 1.807) is 0 Å². The van der Waals surface area contributed by atoms with Crippen molar-refractivity contribution in [1.82, 2.24) is 4.90 Å². The van der Waals surface area contributed by atoms with Crippen molar-refractivity contribution in [3.8, 4) is 0 Å². The summed E-state index contributed by atoms with van der Waals surface area (Å²) in [6.45, 7) is 7.08.